The monoisotopic (exact) mass is 463 g/mol. The van der Waals surface area contributed by atoms with Gasteiger partial charge in [-0.3, -0.25) is 9.59 Å². The molecule has 0 atom stereocenters. The number of rotatable bonds is 8. The molecule has 0 spiro atoms. The van der Waals surface area contributed by atoms with Crippen molar-refractivity contribution < 1.29 is 14.3 Å². The summed E-state index contributed by atoms with van der Waals surface area (Å²) in [4.78, 5) is 29.4. The van der Waals surface area contributed by atoms with E-state index in [1.165, 1.54) is 23.1 Å². The third kappa shape index (κ3) is 5.46. The third-order valence-electron chi connectivity index (χ3n) is 4.45. The molecule has 6 nitrogen and oxygen atoms in total. The number of nitrogens with one attached hydrogen (secondary N) is 2. The van der Waals surface area contributed by atoms with E-state index in [9.17, 15) is 9.59 Å². The van der Waals surface area contributed by atoms with Gasteiger partial charge in [0.25, 0.3) is 5.91 Å². The lowest BCUT2D eigenvalue weighted by molar-refractivity contribution is -0.113. The molecule has 0 aliphatic carbocycles. The van der Waals surface area contributed by atoms with Crippen molar-refractivity contribution in [3.8, 4) is 5.75 Å². The topological polar surface area (TPSA) is 80.3 Å². The molecule has 8 heteroatoms. The van der Waals surface area contributed by atoms with Crippen molar-refractivity contribution in [3.63, 3.8) is 0 Å². The molecule has 3 aromatic carbocycles. The van der Waals surface area contributed by atoms with Gasteiger partial charge in [-0.05, 0) is 49.4 Å². The highest BCUT2D eigenvalue weighted by Gasteiger charge is 2.12. The molecule has 0 aliphatic rings. The maximum absolute atomic E-state index is 12.4. The normalized spacial score (nSPS) is 10.7. The van der Waals surface area contributed by atoms with Gasteiger partial charge in [0.1, 0.15) is 5.75 Å². The number of thiazole rings is 1. The molecule has 0 aliphatic heterocycles. The van der Waals surface area contributed by atoms with E-state index in [0.29, 0.717) is 29.3 Å². The van der Waals surface area contributed by atoms with Gasteiger partial charge in [-0.25, -0.2) is 4.98 Å². The molecular formula is C24H21N3O3S2. The average molecular weight is 464 g/mol. The Hall–Kier alpha value is -3.36. The fourth-order valence-electron chi connectivity index (χ4n) is 3.00. The summed E-state index contributed by atoms with van der Waals surface area (Å²) in [6.45, 7) is 2.43. The van der Waals surface area contributed by atoms with Gasteiger partial charge in [0.05, 0.1) is 28.3 Å². The SMILES string of the molecule is CCOc1ccccc1NC(=O)CSc1nc2ccc(NC(=O)c3ccccc3)cc2s1. The fourth-order valence-corrected chi connectivity index (χ4v) is 4.91. The van der Waals surface area contributed by atoms with Crippen molar-refractivity contribution >= 4 is 56.5 Å². The van der Waals surface area contributed by atoms with E-state index in [1.807, 2.05) is 67.6 Å². The number of ether oxygens (including phenoxy) is 1. The van der Waals surface area contributed by atoms with Gasteiger partial charge >= 0.3 is 0 Å². The Kier molecular flexibility index (Phi) is 7.03. The summed E-state index contributed by atoms with van der Waals surface area (Å²) in [7, 11) is 0. The van der Waals surface area contributed by atoms with Gasteiger partial charge in [0.15, 0.2) is 4.34 Å². The van der Waals surface area contributed by atoms with Gasteiger partial charge in [-0.2, -0.15) is 0 Å². The number of nitrogens with zero attached hydrogens (tertiary/aromatic N) is 1. The molecule has 32 heavy (non-hydrogen) atoms. The van der Waals surface area contributed by atoms with E-state index in [0.717, 1.165) is 14.6 Å². The summed E-state index contributed by atoms with van der Waals surface area (Å²) >= 11 is 2.87. The van der Waals surface area contributed by atoms with Crippen LogP contribution in [0.15, 0.2) is 77.1 Å². The molecule has 4 aromatic rings. The van der Waals surface area contributed by atoms with E-state index in [-0.39, 0.29) is 17.6 Å². The van der Waals surface area contributed by atoms with Gasteiger partial charge in [-0.1, -0.05) is 42.1 Å². The Labute approximate surface area is 194 Å². The zero-order valence-corrected chi connectivity index (χ0v) is 19.0. The van der Waals surface area contributed by atoms with E-state index >= 15 is 0 Å². The van der Waals surface area contributed by atoms with Crippen LogP contribution in [0.4, 0.5) is 11.4 Å². The first-order valence-electron chi connectivity index (χ1n) is 10.0. The zero-order valence-electron chi connectivity index (χ0n) is 17.3. The van der Waals surface area contributed by atoms with E-state index in [4.69, 9.17) is 4.74 Å². The number of carbonyl (C=O) groups is 2. The van der Waals surface area contributed by atoms with Crippen molar-refractivity contribution in [3.05, 3.63) is 78.4 Å². The molecule has 2 N–H and O–H groups in total. The molecule has 0 unspecified atom stereocenters. The van der Waals surface area contributed by atoms with Crippen LogP contribution >= 0.6 is 23.1 Å². The minimum absolute atomic E-state index is 0.128. The Bertz CT molecular complexity index is 1240. The molecule has 0 fully saturated rings. The highest BCUT2D eigenvalue weighted by molar-refractivity contribution is 8.01. The summed E-state index contributed by atoms with van der Waals surface area (Å²) in [5.74, 6) is 0.599. The molecule has 0 bridgehead atoms. The molecule has 2 amide bonds. The molecule has 4 rings (SSSR count). The number of aromatic nitrogens is 1. The fraction of sp³-hybridized carbons (Fsp3) is 0.125. The number of para-hydroxylation sites is 2. The smallest absolute Gasteiger partial charge is 0.255 e. The Morgan fingerprint density at radius 2 is 1.78 bits per heavy atom. The number of hydrogen-bond acceptors (Lipinski definition) is 6. The second-order valence-corrected chi connectivity index (χ2v) is 9.00. The minimum atomic E-state index is -0.159. The first-order chi connectivity index (χ1) is 15.6. The molecule has 0 saturated heterocycles. The minimum Gasteiger partial charge on any atom is -0.492 e. The number of carbonyl (C=O) groups excluding carboxylic acids is 2. The Morgan fingerprint density at radius 1 is 1.00 bits per heavy atom. The van der Waals surface area contributed by atoms with Crippen molar-refractivity contribution in [1.29, 1.82) is 0 Å². The first kappa shape index (κ1) is 21.9. The number of hydrogen-bond donors (Lipinski definition) is 2. The van der Waals surface area contributed by atoms with Gasteiger partial charge < -0.3 is 15.4 Å². The van der Waals surface area contributed by atoms with Crippen molar-refractivity contribution in [2.75, 3.05) is 23.0 Å². The molecule has 1 heterocycles. The standard InChI is InChI=1S/C24H21N3O3S2/c1-2-30-20-11-7-6-10-18(20)26-22(28)15-31-24-27-19-13-12-17(14-21(19)32-24)25-23(29)16-8-4-3-5-9-16/h3-14H,2,15H2,1H3,(H,25,29)(H,26,28). The average Bonchev–Trinajstić information content (AvgIpc) is 3.22. The van der Waals surface area contributed by atoms with Crippen LogP contribution in [0.2, 0.25) is 0 Å². The van der Waals surface area contributed by atoms with E-state index in [2.05, 4.69) is 15.6 Å². The second-order valence-electron chi connectivity index (χ2n) is 6.75. The Balaban J connectivity index is 1.38. The number of fused-ring (bicyclic) bond motifs is 1. The van der Waals surface area contributed by atoms with Crippen molar-refractivity contribution in [1.82, 2.24) is 4.98 Å². The maximum Gasteiger partial charge on any atom is 0.255 e. The largest absolute Gasteiger partial charge is 0.492 e. The van der Waals surface area contributed by atoms with E-state index in [1.54, 1.807) is 12.1 Å². The van der Waals surface area contributed by atoms with Crippen LogP contribution in [-0.4, -0.2) is 29.2 Å². The highest BCUT2D eigenvalue weighted by Crippen LogP contribution is 2.32. The molecule has 162 valence electrons. The van der Waals surface area contributed by atoms with Gasteiger partial charge in [0.2, 0.25) is 5.91 Å². The predicted octanol–water partition coefficient (Wildman–Crippen LogP) is 5.68. The number of anilines is 2. The maximum atomic E-state index is 12.4. The Morgan fingerprint density at radius 3 is 2.59 bits per heavy atom. The summed E-state index contributed by atoms with van der Waals surface area (Å²) in [5.41, 5.74) is 2.79. The second kappa shape index (κ2) is 10.3. The van der Waals surface area contributed by atoms with Crippen molar-refractivity contribution in [2.24, 2.45) is 0 Å². The number of benzene rings is 3. The van der Waals surface area contributed by atoms with Crippen LogP contribution in [0, 0.1) is 0 Å². The lowest BCUT2D eigenvalue weighted by atomic mass is 10.2. The van der Waals surface area contributed by atoms with Crippen molar-refractivity contribution in [2.45, 2.75) is 11.3 Å². The molecule has 1 aromatic heterocycles. The summed E-state index contributed by atoms with van der Waals surface area (Å²) in [6, 6.07) is 22.0. The van der Waals surface area contributed by atoms with Crippen LogP contribution in [0.3, 0.4) is 0 Å². The van der Waals surface area contributed by atoms with Crippen LogP contribution in [-0.2, 0) is 4.79 Å². The van der Waals surface area contributed by atoms with Crippen LogP contribution in [0.1, 0.15) is 17.3 Å². The van der Waals surface area contributed by atoms with Crippen LogP contribution in [0.25, 0.3) is 10.2 Å². The number of amides is 2. The molecule has 0 saturated carbocycles. The quantitative estimate of drug-likeness (QED) is 0.329. The predicted molar refractivity (Wildman–Crippen MR) is 131 cm³/mol. The first-order valence-corrected chi connectivity index (χ1v) is 11.8. The zero-order chi connectivity index (χ0) is 22.3. The van der Waals surface area contributed by atoms with Gasteiger partial charge in [-0.15, -0.1) is 11.3 Å². The summed E-state index contributed by atoms with van der Waals surface area (Å²) in [6.07, 6.45) is 0. The van der Waals surface area contributed by atoms with E-state index < -0.39 is 0 Å². The summed E-state index contributed by atoms with van der Waals surface area (Å²) < 4.78 is 7.28. The van der Waals surface area contributed by atoms with Gasteiger partial charge in [0, 0.05) is 11.3 Å². The van der Waals surface area contributed by atoms with Crippen LogP contribution < -0.4 is 15.4 Å². The molecular weight excluding hydrogens is 442 g/mol. The third-order valence-corrected chi connectivity index (χ3v) is 6.61. The lowest BCUT2D eigenvalue weighted by Crippen LogP contribution is -2.14. The summed E-state index contributed by atoms with van der Waals surface area (Å²) in [5, 5.41) is 5.80. The highest BCUT2D eigenvalue weighted by atomic mass is 32.2. The van der Waals surface area contributed by atoms with Crippen LogP contribution in [0.5, 0.6) is 5.75 Å². The molecule has 0 radical (unpaired) electrons. The lowest BCUT2D eigenvalue weighted by Gasteiger charge is -2.10. The number of thioether (sulfide) groups is 1.